The lowest BCUT2D eigenvalue weighted by Crippen LogP contribution is -2.28. The van der Waals surface area contributed by atoms with Crippen LogP contribution in [0, 0.1) is 0 Å². The number of fused-ring (bicyclic) bond motifs is 1. The van der Waals surface area contributed by atoms with E-state index in [2.05, 4.69) is 5.32 Å². The standard InChI is InChI=1S/C15H19NO3/c17-11-2-1-3-12(9-11)19-13-5-6-14-10(8-13)4-7-15(18)16-14/h5-6,8,11-12,17H,1-4,7,9H2,(H,16,18). The molecule has 0 spiro atoms. The Morgan fingerprint density at radius 3 is 3.00 bits per heavy atom. The molecule has 1 aliphatic carbocycles. The van der Waals surface area contributed by atoms with Crippen LogP contribution in [0.1, 0.15) is 37.7 Å². The van der Waals surface area contributed by atoms with Gasteiger partial charge in [0, 0.05) is 18.5 Å². The molecule has 1 fully saturated rings. The van der Waals surface area contributed by atoms with Crippen LogP contribution in [0.5, 0.6) is 5.75 Å². The minimum atomic E-state index is -0.226. The van der Waals surface area contributed by atoms with Gasteiger partial charge < -0.3 is 15.2 Å². The number of anilines is 1. The van der Waals surface area contributed by atoms with Crippen LogP contribution >= 0.6 is 0 Å². The molecule has 1 heterocycles. The molecule has 2 aliphatic rings. The van der Waals surface area contributed by atoms with E-state index in [9.17, 15) is 9.90 Å². The van der Waals surface area contributed by atoms with E-state index in [1.807, 2.05) is 18.2 Å². The minimum absolute atomic E-state index is 0.0802. The Bertz CT molecular complexity index is 486. The highest BCUT2D eigenvalue weighted by Crippen LogP contribution is 2.29. The summed E-state index contributed by atoms with van der Waals surface area (Å²) in [6, 6.07) is 5.81. The maximum Gasteiger partial charge on any atom is 0.224 e. The Morgan fingerprint density at radius 2 is 2.16 bits per heavy atom. The van der Waals surface area contributed by atoms with Crippen LogP contribution in [0.3, 0.4) is 0 Å². The van der Waals surface area contributed by atoms with Crippen molar-refractivity contribution in [3.8, 4) is 5.75 Å². The third-order valence-electron chi connectivity index (χ3n) is 3.87. The number of amides is 1. The van der Waals surface area contributed by atoms with Crippen LogP contribution < -0.4 is 10.1 Å². The maximum absolute atomic E-state index is 11.3. The number of ether oxygens (including phenoxy) is 1. The summed E-state index contributed by atoms with van der Waals surface area (Å²) in [5.74, 6) is 0.922. The van der Waals surface area contributed by atoms with E-state index in [0.717, 1.165) is 42.7 Å². The van der Waals surface area contributed by atoms with Crippen molar-refractivity contribution < 1.29 is 14.6 Å². The summed E-state index contributed by atoms with van der Waals surface area (Å²) in [6.45, 7) is 0. The molecule has 102 valence electrons. The third kappa shape index (κ3) is 2.89. The van der Waals surface area contributed by atoms with E-state index in [4.69, 9.17) is 4.74 Å². The van der Waals surface area contributed by atoms with Crippen LogP contribution in [-0.4, -0.2) is 23.2 Å². The summed E-state index contributed by atoms with van der Waals surface area (Å²) in [5.41, 5.74) is 2.03. The second kappa shape index (κ2) is 5.21. The van der Waals surface area contributed by atoms with Crippen molar-refractivity contribution in [3.05, 3.63) is 23.8 Å². The molecule has 0 radical (unpaired) electrons. The molecule has 0 aromatic heterocycles. The number of nitrogens with one attached hydrogen (secondary N) is 1. The number of aliphatic hydroxyl groups is 1. The highest BCUT2D eigenvalue weighted by molar-refractivity contribution is 5.93. The van der Waals surface area contributed by atoms with E-state index >= 15 is 0 Å². The fraction of sp³-hybridized carbons (Fsp3) is 0.533. The summed E-state index contributed by atoms with van der Waals surface area (Å²) in [6.07, 6.45) is 4.82. The lowest BCUT2D eigenvalue weighted by Gasteiger charge is -2.27. The molecule has 2 N–H and O–H groups in total. The van der Waals surface area contributed by atoms with Crippen molar-refractivity contribution in [2.24, 2.45) is 0 Å². The molecule has 1 amide bonds. The molecule has 1 saturated carbocycles. The van der Waals surface area contributed by atoms with Gasteiger partial charge in [0.1, 0.15) is 11.9 Å². The maximum atomic E-state index is 11.3. The van der Waals surface area contributed by atoms with Crippen LogP contribution in [0.2, 0.25) is 0 Å². The normalized spacial score (nSPS) is 26.5. The zero-order valence-corrected chi connectivity index (χ0v) is 10.9. The number of benzene rings is 1. The average molecular weight is 261 g/mol. The summed E-state index contributed by atoms with van der Waals surface area (Å²) in [7, 11) is 0. The number of carbonyl (C=O) groups excluding carboxylic acids is 1. The molecule has 2 unspecified atom stereocenters. The molecular formula is C15H19NO3. The number of carbonyl (C=O) groups is 1. The molecular weight excluding hydrogens is 242 g/mol. The minimum Gasteiger partial charge on any atom is -0.490 e. The SMILES string of the molecule is O=C1CCc2cc(OC3CCCC(O)C3)ccc2N1. The van der Waals surface area contributed by atoms with Gasteiger partial charge in [0.25, 0.3) is 0 Å². The summed E-state index contributed by atoms with van der Waals surface area (Å²) in [5, 5.41) is 12.5. The summed E-state index contributed by atoms with van der Waals surface area (Å²) >= 11 is 0. The topological polar surface area (TPSA) is 58.6 Å². The van der Waals surface area contributed by atoms with Gasteiger partial charge >= 0.3 is 0 Å². The van der Waals surface area contributed by atoms with Gasteiger partial charge in [-0.15, -0.1) is 0 Å². The van der Waals surface area contributed by atoms with Gasteiger partial charge in [-0.25, -0.2) is 0 Å². The summed E-state index contributed by atoms with van der Waals surface area (Å²) < 4.78 is 5.95. The van der Waals surface area contributed by atoms with E-state index in [-0.39, 0.29) is 18.1 Å². The number of aryl methyl sites for hydroxylation is 1. The van der Waals surface area contributed by atoms with Crippen molar-refractivity contribution in [1.29, 1.82) is 0 Å². The van der Waals surface area contributed by atoms with Crippen LogP contribution in [-0.2, 0) is 11.2 Å². The Morgan fingerprint density at radius 1 is 1.26 bits per heavy atom. The molecule has 19 heavy (non-hydrogen) atoms. The van der Waals surface area contributed by atoms with Gasteiger partial charge in [0.15, 0.2) is 0 Å². The second-order valence-electron chi connectivity index (χ2n) is 5.43. The van der Waals surface area contributed by atoms with Crippen molar-refractivity contribution in [1.82, 2.24) is 0 Å². The van der Waals surface area contributed by atoms with Crippen molar-refractivity contribution >= 4 is 11.6 Å². The summed E-state index contributed by atoms with van der Waals surface area (Å²) in [4.78, 5) is 11.3. The monoisotopic (exact) mass is 261 g/mol. The number of rotatable bonds is 2. The molecule has 0 bridgehead atoms. The van der Waals surface area contributed by atoms with Gasteiger partial charge in [0.2, 0.25) is 5.91 Å². The predicted octanol–water partition coefficient (Wildman–Crippen LogP) is 2.25. The quantitative estimate of drug-likeness (QED) is 0.858. The number of hydrogen-bond acceptors (Lipinski definition) is 3. The average Bonchev–Trinajstić information content (AvgIpc) is 2.39. The second-order valence-corrected chi connectivity index (χ2v) is 5.43. The van der Waals surface area contributed by atoms with Crippen LogP contribution in [0.25, 0.3) is 0 Å². The first-order chi connectivity index (χ1) is 9.20. The Labute approximate surface area is 112 Å². The zero-order valence-electron chi connectivity index (χ0n) is 10.9. The Hall–Kier alpha value is -1.55. The Balaban J connectivity index is 1.70. The fourth-order valence-corrected chi connectivity index (χ4v) is 2.85. The number of aliphatic hydroxyl groups excluding tert-OH is 1. The smallest absolute Gasteiger partial charge is 0.224 e. The molecule has 0 saturated heterocycles. The largest absolute Gasteiger partial charge is 0.490 e. The van der Waals surface area contributed by atoms with Crippen molar-refractivity contribution in [3.63, 3.8) is 0 Å². The first-order valence-corrected chi connectivity index (χ1v) is 6.98. The molecule has 1 aliphatic heterocycles. The van der Waals surface area contributed by atoms with Gasteiger partial charge in [-0.2, -0.15) is 0 Å². The van der Waals surface area contributed by atoms with Crippen molar-refractivity contribution in [2.75, 3.05) is 5.32 Å². The number of hydrogen-bond donors (Lipinski definition) is 2. The first kappa shape index (κ1) is 12.5. The molecule has 1 aromatic rings. The fourth-order valence-electron chi connectivity index (χ4n) is 2.85. The predicted molar refractivity (Wildman–Crippen MR) is 72.3 cm³/mol. The van der Waals surface area contributed by atoms with Gasteiger partial charge in [-0.1, -0.05) is 0 Å². The first-order valence-electron chi connectivity index (χ1n) is 6.98. The van der Waals surface area contributed by atoms with E-state index < -0.39 is 0 Å². The highest BCUT2D eigenvalue weighted by Gasteiger charge is 2.22. The van der Waals surface area contributed by atoms with Crippen molar-refractivity contribution in [2.45, 2.75) is 50.7 Å². The van der Waals surface area contributed by atoms with E-state index in [1.54, 1.807) is 0 Å². The van der Waals surface area contributed by atoms with Gasteiger partial charge in [-0.3, -0.25) is 4.79 Å². The molecule has 1 aromatic carbocycles. The van der Waals surface area contributed by atoms with E-state index in [0.29, 0.717) is 12.8 Å². The van der Waals surface area contributed by atoms with Crippen LogP contribution in [0.15, 0.2) is 18.2 Å². The lowest BCUT2D eigenvalue weighted by molar-refractivity contribution is -0.116. The Kier molecular flexibility index (Phi) is 3.42. The lowest BCUT2D eigenvalue weighted by atomic mass is 9.95. The molecule has 3 rings (SSSR count). The zero-order chi connectivity index (χ0) is 13.2. The molecule has 2 atom stereocenters. The third-order valence-corrected chi connectivity index (χ3v) is 3.87. The van der Waals surface area contributed by atoms with Gasteiger partial charge in [0.05, 0.1) is 6.10 Å². The highest BCUT2D eigenvalue weighted by atomic mass is 16.5. The van der Waals surface area contributed by atoms with Crippen LogP contribution in [0.4, 0.5) is 5.69 Å². The van der Waals surface area contributed by atoms with Gasteiger partial charge in [-0.05, 0) is 49.4 Å². The molecule has 4 nitrogen and oxygen atoms in total. The molecule has 4 heteroatoms. The van der Waals surface area contributed by atoms with E-state index in [1.165, 1.54) is 0 Å².